The van der Waals surface area contributed by atoms with Gasteiger partial charge in [0.05, 0.1) is 22.0 Å². The quantitative estimate of drug-likeness (QED) is 0.0635. The number of hydrogen-bond donors (Lipinski definition) is 5. The molecule has 0 aliphatic carbocycles. The minimum Gasteiger partial charge on any atom is -0.481 e. The monoisotopic (exact) mass is 795 g/mol. The van der Waals surface area contributed by atoms with Crippen molar-refractivity contribution in [2.45, 2.75) is 86.3 Å². The van der Waals surface area contributed by atoms with Gasteiger partial charge in [-0.1, -0.05) is 56.7 Å². The molecule has 0 saturated carbocycles. The van der Waals surface area contributed by atoms with E-state index in [0.29, 0.717) is 59.3 Å². The Labute approximate surface area is 310 Å². The fourth-order valence-corrected chi connectivity index (χ4v) is 8.15. The molecule has 290 valence electrons. The van der Waals surface area contributed by atoms with Crippen LogP contribution in [0.3, 0.4) is 0 Å². The second-order valence-corrected chi connectivity index (χ2v) is 17.8. The Balaban J connectivity index is 2.07. The third-order valence-electron chi connectivity index (χ3n) is 9.45. The number of aryl methyl sites for hydroxylation is 1. The number of nitrogens with zero attached hydrogens (tertiary/aromatic N) is 1. The molecule has 5 N–H and O–H groups in total. The van der Waals surface area contributed by atoms with Crippen molar-refractivity contribution in [3.63, 3.8) is 0 Å². The van der Waals surface area contributed by atoms with Gasteiger partial charge in [-0.25, -0.2) is 0 Å². The van der Waals surface area contributed by atoms with Crippen molar-refractivity contribution >= 4 is 48.0 Å². The fourth-order valence-electron chi connectivity index (χ4n) is 6.64. The van der Waals surface area contributed by atoms with Crippen LogP contribution in [0.2, 0.25) is 0 Å². The molecule has 2 aromatic rings. The van der Waals surface area contributed by atoms with Gasteiger partial charge in [0.15, 0.2) is 0 Å². The van der Waals surface area contributed by atoms with Crippen LogP contribution < -0.4 is 4.90 Å². The average molecular weight is 796 g/mol. The van der Waals surface area contributed by atoms with Gasteiger partial charge in [0, 0.05) is 35.2 Å². The molecular formula is C36H45NO13S3. The van der Waals surface area contributed by atoms with E-state index in [1.165, 1.54) is 36.4 Å². The minimum atomic E-state index is -4.60. The van der Waals surface area contributed by atoms with Gasteiger partial charge in [-0.3, -0.25) is 23.2 Å². The molecule has 53 heavy (non-hydrogen) atoms. The van der Waals surface area contributed by atoms with E-state index in [0.717, 1.165) is 0 Å². The standard InChI is InChI=1S/C36H45NO13S3/c1-25-15-16-27(52(45,46)47)22-29(25)36(4,24-34(40)41)26(2)12-7-5-8-13-32-35(3,19-10-6-9-14-33(38)39)30-23-28(53(48,49)50)17-18-31(30)37(32)20-11-21-51(42,43)44/h5,7-8,12-13,15-18,22-23H,2,6,9-11,14,19-21,24H2,1,3-4H3,(H,38,39)(H,40,41)(H,42,43,44)(H,45,46,47)(H,48,49,50)/b8-5+,12-7+,32-13+. The molecule has 0 radical (unpaired) electrons. The second kappa shape index (κ2) is 16.9. The maximum absolute atomic E-state index is 12.1. The first-order valence-electron chi connectivity index (χ1n) is 16.5. The molecule has 17 heteroatoms. The number of anilines is 1. The van der Waals surface area contributed by atoms with E-state index in [9.17, 15) is 53.6 Å². The maximum atomic E-state index is 12.1. The van der Waals surface area contributed by atoms with E-state index in [2.05, 4.69) is 6.58 Å². The number of benzene rings is 2. The largest absolute Gasteiger partial charge is 0.481 e. The lowest BCUT2D eigenvalue weighted by atomic mass is 9.72. The van der Waals surface area contributed by atoms with Gasteiger partial charge in [-0.15, -0.1) is 0 Å². The summed E-state index contributed by atoms with van der Waals surface area (Å²) in [5, 5.41) is 18.8. The molecular weight excluding hydrogens is 751 g/mol. The number of rotatable bonds is 19. The predicted octanol–water partition coefficient (Wildman–Crippen LogP) is 5.86. The number of unbranched alkanes of at least 4 members (excludes halogenated alkanes) is 2. The molecule has 3 rings (SSSR count). The van der Waals surface area contributed by atoms with Crippen LogP contribution in [0, 0.1) is 6.92 Å². The summed E-state index contributed by atoms with van der Waals surface area (Å²) in [6, 6.07) is 7.98. The molecule has 2 atom stereocenters. The Kier molecular flexibility index (Phi) is 13.8. The van der Waals surface area contributed by atoms with Gasteiger partial charge in [-0.2, -0.15) is 25.3 Å². The number of hydrogen-bond acceptors (Lipinski definition) is 9. The lowest BCUT2D eigenvalue weighted by Gasteiger charge is -2.31. The number of allylic oxidation sites excluding steroid dienone is 7. The molecule has 0 saturated heterocycles. The van der Waals surface area contributed by atoms with Crippen molar-refractivity contribution in [3.05, 3.63) is 101 Å². The van der Waals surface area contributed by atoms with Crippen molar-refractivity contribution in [1.29, 1.82) is 0 Å². The van der Waals surface area contributed by atoms with Crippen LogP contribution >= 0.6 is 0 Å². The first-order chi connectivity index (χ1) is 24.4. The Hall–Kier alpha value is -4.13. The molecule has 0 spiro atoms. The lowest BCUT2D eigenvalue weighted by Crippen LogP contribution is -2.30. The van der Waals surface area contributed by atoms with Gasteiger partial charge >= 0.3 is 11.9 Å². The van der Waals surface area contributed by atoms with Crippen LogP contribution in [0.15, 0.2) is 94.4 Å². The summed E-state index contributed by atoms with van der Waals surface area (Å²) in [5.41, 5.74) is 0.755. The highest BCUT2D eigenvalue weighted by Crippen LogP contribution is 2.51. The van der Waals surface area contributed by atoms with Crippen LogP contribution in [0.25, 0.3) is 0 Å². The van der Waals surface area contributed by atoms with Crippen LogP contribution in [0.5, 0.6) is 0 Å². The summed E-state index contributed by atoms with van der Waals surface area (Å²) in [7, 11) is -13.5. The summed E-state index contributed by atoms with van der Waals surface area (Å²) < 4.78 is 100.0. The normalized spacial score (nSPS) is 18.5. The van der Waals surface area contributed by atoms with Gasteiger partial charge in [0.1, 0.15) is 0 Å². The first kappa shape index (κ1) is 43.3. The first-order valence-corrected chi connectivity index (χ1v) is 21.0. The molecule has 0 aromatic heterocycles. The third-order valence-corrected chi connectivity index (χ3v) is 12.0. The second-order valence-electron chi connectivity index (χ2n) is 13.4. The van der Waals surface area contributed by atoms with Gasteiger partial charge < -0.3 is 15.1 Å². The van der Waals surface area contributed by atoms with Crippen molar-refractivity contribution in [2.24, 2.45) is 0 Å². The molecule has 0 bridgehead atoms. The highest BCUT2D eigenvalue weighted by atomic mass is 32.2. The Morgan fingerprint density at radius 3 is 2.06 bits per heavy atom. The molecule has 1 heterocycles. The zero-order chi connectivity index (χ0) is 40.0. The molecule has 0 fully saturated rings. The number of aliphatic carboxylic acids is 2. The zero-order valence-corrected chi connectivity index (χ0v) is 32.0. The lowest BCUT2D eigenvalue weighted by molar-refractivity contribution is -0.138. The molecule has 2 aromatic carbocycles. The average Bonchev–Trinajstić information content (AvgIpc) is 3.25. The van der Waals surface area contributed by atoms with E-state index in [-0.39, 0.29) is 24.3 Å². The van der Waals surface area contributed by atoms with E-state index >= 15 is 0 Å². The van der Waals surface area contributed by atoms with Crippen molar-refractivity contribution in [2.75, 3.05) is 17.2 Å². The van der Waals surface area contributed by atoms with Crippen molar-refractivity contribution in [3.8, 4) is 0 Å². The zero-order valence-electron chi connectivity index (χ0n) is 29.6. The molecule has 2 unspecified atom stereocenters. The highest BCUT2D eigenvalue weighted by molar-refractivity contribution is 7.86. The number of fused-ring (bicyclic) bond motifs is 1. The smallest absolute Gasteiger partial charge is 0.304 e. The van der Waals surface area contributed by atoms with Gasteiger partial charge in [0.2, 0.25) is 0 Å². The van der Waals surface area contributed by atoms with Crippen LogP contribution in [-0.4, -0.2) is 73.4 Å². The topological polar surface area (TPSA) is 241 Å². The Bertz CT molecular complexity index is 2170. The number of carbonyl (C=O) groups is 2. The minimum absolute atomic E-state index is 0.00809. The van der Waals surface area contributed by atoms with Crippen LogP contribution in [-0.2, 0) is 50.8 Å². The van der Waals surface area contributed by atoms with Crippen LogP contribution in [0.1, 0.15) is 75.5 Å². The summed E-state index contributed by atoms with van der Waals surface area (Å²) in [5.74, 6) is -2.64. The molecule has 0 amide bonds. The number of carboxylic acids is 2. The maximum Gasteiger partial charge on any atom is 0.304 e. The van der Waals surface area contributed by atoms with Crippen molar-refractivity contribution < 1.29 is 58.7 Å². The molecule has 14 nitrogen and oxygen atoms in total. The van der Waals surface area contributed by atoms with Crippen LogP contribution in [0.4, 0.5) is 5.69 Å². The summed E-state index contributed by atoms with van der Waals surface area (Å²) in [6.45, 7) is 9.31. The Morgan fingerprint density at radius 1 is 0.849 bits per heavy atom. The van der Waals surface area contributed by atoms with E-state index in [4.69, 9.17) is 5.11 Å². The predicted molar refractivity (Wildman–Crippen MR) is 199 cm³/mol. The van der Waals surface area contributed by atoms with E-state index < -0.39 is 70.2 Å². The molecule has 1 aliphatic heterocycles. The van der Waals surface area contributed by atoms with E-state index in [1.807, 2.05) is 6.92 Å². The molecule has 1 aliphatic rings. The number of carboxylic acid groups (broad SMARTS) is 2. The van der Waals surface area contributed by atoms with Gasteiger partial charge in [-0.05, 0) is 91.8 Å². The summed E-state index contributed by atoms with van der Waals surface area (Å²) in [4.78, 5) is 24.1. The van der Waals surface area contributed by atoms with Crippen molar-refractivity contribution in [1.82, 2.24) is 0 Å². The fraction of sp³-hybridized carbons (Fsp3) is 0.389. The third kappa shape index (κ3) is 11.2. The SMILES string of the molecule is C=C(/C=C/C=C/C=C1/N(CCCS(=O)(=O)O)c2ccc(S(=O)(=O)O)cc2C1(C)CCCCCC(=O)O)C(C)(CC(=O)O)c1cc(S(=O)(=O)O)ccc1C. The summed E-state index contributed by atoms with van der Waals surface area (Å²) in [6.07, 6.45) is 9.62. The Morgan fingerprint density at radius 2 is 1.47 bits per heavy atom. The van der Waals surface area contributed by atoms with Gasteiger partial charge in [0.25, 0.3) is 30.4 Å². The van der Waals surface area contributed by atoms with E-state index in [1.54, 1.807) is 49.1 Å². The summed E-state index contributed by atoms with van der Waals surface area (Å²) >= 11 is 0. The highest BCUT2D eigenvalue weighted by Gasteiger charge is 2.43.